The third-order valence-corrected chi connectivity index (χ3v) is 4.29. The third-order valence-electron chi connectivity index (χ3n) is 4.03. The molecule has 1 aliphatic heterocycles. The Labute approximate surface area is 141 Å². The van der Waals surface area contributed by atoms with Gasteiger partial charge in [-0.05, 0) is 51.1 Å². The van der Waals surface area contributed by atoms with E-state index in [1.165, 1.54) is 0 Å². The van der Waals surface area contributed by atoms with E-state index in [1.54, 1.807) is 24.3 Å². The summed E-state index contributed by atoms with van der Waals surface area (Å²) < 4.78 is 6.04. The van der Waals surface area contributed by atoms with Crippen LogP contribution in [0.15, 0.2) is 42.5 Å². The van der Waals surface area contributed by atoms with E-state index in [4.69, 9.17) is 16.3 Å². The Bertz CT molecular complexity index is 738. The quantitative estimate of drug-likeness (QED) is 0.868. The Morgan fingerprint density at radius 2 is 1.91 bits per heavy atom. The predicted molar refractivity (Wildman–Crippen MR) is 92.2 cm³/mol. The topological polar surface area (TPSA) is 38.3 Å². The Morgan fingerprint density at radius 1 is 1.22 bits per heavy atom. The first-order valence-electron chi connectivity index (χ1n) is 7.70. The molecule has 1 heterocycles. The number of fused-ring (bicyclic) bond motifs is 1. The van der Waals surface area contributed by atoms with Crippen molar-refractivity contribution in [1.29, 1.82) is 0 Å². The highest BCUT2D eigenvalue weighted by molar-refractivity contribution is 6.30. The van der Waals surface area contributed by atoms with Crippen LogP contribution in [0.5, 0.6) is 5.75 Å². The van der Waals surface area contributed by atoms with Crippen molar-refractivity contribution in [2.24, 2.45) is 0 Å². The number of rotatable bonds is 2. The molecule has 0 spiro atoms. The van der Waals surface area contributed by atoms with Crippen molar-refractivity contribution >= 4 is 17.5 Å². The van der Waals surface area contributed by atoms with Crippen LogP contribution in [0.4, 0.5) is 0 Å². The van der Waals surface area contributed by atoms with Crippen LogP contribution in [-0.4, -0.2) is 11.5 Å². The molecule has 1 atom stereocenters. The van der Waals surface area contributed by atoms with Gasteiger partial charge in [0.25, 0.3) is 5.91 Å². The van der Waals surface area contributed by atoms with Gasteiger partial charge in [-0.15, -0.1) is 0 Å². The number of carbonyl (C=O) groups excluding carboxylic acids is 1. The van der Waals surface area contributed by atoms with Crippen molar-refractivity contribution in [3.05, 3.63) is 64.2 Å². The number of carbonyl (C=O) groups is 1. The number of benzene rings is 2. The summed E-state index contributed by atoms with van der Waals surface area (Å²) in [4.78, 5) is 12.5. The summed E-state index contributed by atoms with van der Waals surface area (Å²) in [7, 11) is 0. The molecule has 2 aromatic rings. The predicted octanol–water partition coefficient (Wildman–Crippen LogP) is 4.68. The molecule has 4 heteroatoms. The normalized spacial score (nSPS) is 18.7. The first kappa shape index (κ1) is 15.9. The largest absolute Gasteiger partial charge is 0.487 e. The lowest BCUT2D eigenvalue weighted by atomic mass is 9.88. The lowest BCUT2D eigenvalue weighted by Crippen LogP contribution is -2.41. The highest BCUT2D eigenvalue weighted by atomic mass is 35.5. The fraction of sp³-hybridized carbons (Fsp3) is 0.316. The molecule has 0 radical (unpaired) electrons. The molecule has 0 aromatic heterocycles. The first-order valence-corrected chi connectivity index (χ1v) is 8.08. The summed E-state index contributed by atoms with van der Waals surface area (Å²) >= 11 is 5.88. The molecule has 1 N–H and O–H groups in total. The van der Waals surface area contributed by atoms with Crippen LogP contribution >= 0.6 is 11.6 Å². The second-order valence-corrected chi connectivity index (χ2v) is 7.08. The highest BCUT2D eigenvalue weighted by Gasteiger charge is 2.34. The first-order chi connectivity index (χ1) is 10.8. The Hall–Kier alpha value is -2.00. The van der Waals surface area contributed by atoms with Crippen LogP contribution < -0.4 is 10.1 Å². The van der Waals surface area contributed by atoms with E-state index in [1.807, 2.05) is 32.9 Å². The molecule has 1 aliphatic rings. The number of aryl methyl sites for hydroxylation is 1. The fourth-order valence-corrected chi connectivity index (χ4v) is 3.07. The van der Waals surface area contributed by atoms with Gasteiger partial charge in [0.1, 0.15) is 11.4 Å². The van der Waals surface area contributed by atoms with E-state index in [0.717, 1.165) is 23.3 Å². The van der Waals surface area contributed by atoms with E-state index in [9.17, 15) is 4.79 Å². The van der Waals surface area contributed by atoms with Crippen LogP contribution in [0.1, 0.15) is 47.8 Å². The number of amides is 1. The molecule has 23 heavy (non-hydrogen) atoms. The van der Waals surface area contributed by atoms with E-state index in [2.05, 4.69) is 11.4 Å². The molecule has 3 nitrogen and oxygen atoms in total. The minimum absolute atomic E-state index is 0.0724. The van der Waals surface area contributed by atoms with E-state index < -0.39 is 0 Å². The van der Waals surface area contributed by atoms with E-state index in [-0.39, 0.29) is 17.6 Å². The van der Waals surface area contributed by atoms with Gasteiger partial charge in [-0.25, -0.2) is 0 Å². The number of halogens is 1. The van der Waals surface area contributed by atoms with Crippen LogP contribution in [0.2, 0.25) is 5.02 Å². The lowest BCUT2D eigenvalue weighted by molar-refractivity contribution is 0.0619. The van der Waals surface area contributed by atoms with Crippen LogP contribution in [0.25, 0.3) is 0 Å². The van der Waals surface area contributed by atoms with Gasteiger partial charge in [-0.3, -0.25) is 4.79 Å². The Balaban J connectivity index is 1.88. The summed E-state index contributed by atoms with van der Waals surface area (Å²) in [6.07, 6.45) is 0.725. The van der Waals surface area contributed by atoms with Gasteiger partial charge in [0.15, 0.2) is 0 Å². The number of nitrogens with one attached hydrogen (secondary N) is 1. The van der Waals surface area contributed by atoms with Gasteiger partial charge in [-0.1, -0.05) is 29.3 Å². The van der Waals surface area contributed by atoms with Gasteiger partial charge >= 0.3 is 0 Å². The zero-order valence-electron chi connectivity index (χ0n) is 13.5. The summed E-state index contributed by atoms with van der Waals surface area (Å²) in [5.41, 5.74) is 2.47. The second-order valence-electron chi connectivity index (χ2n) is 6.64. The molecular formula is C19H20ClNO2. The van der Waals surface area contributed by atoms with Gasteiger partial charge in [-0.2, -0.15) is 0 Å². The van der Waals surface area contributed by atoms with E-state index in [0.29, 0.717) is 10.6 Å². The molecule has 0 fully saturated rings. The SMILES string of the molecule is Cc1ccc2c(c1)[C@H](NC(=O)c1ccc(Cl)cc1)CC(C)(C)O2. The Kier molecular flexibility index (Phi) is 4.07. The van der Waals surface area contributed by atoms with Crippen molar-refractivity contribution in [3.8, 4) is 5.75 Å². The van der Waals surface area contributed by atoms with Gasteiger partial charge < -0.3 is 10.1 Å². The molecular weight excluding hydrogens is 310 g/mol. The number of hydrogen-bond acceptors (Lipinski definition) is 2. The number of ether oxygens (including phenoxy) is 1. The average Bonchev–Trinajstić information content (AvgIpc) is 2.48. The van der Waals surface area contributed by atoms with Crippen molar-refractivity contribution in [3.63, 3.8) is 0 Å². The number of hydrogen-bond donors (Lipinski definition) is 1. The van der Waals surface area contributed by atoms with Crippen LogP contribution in [0.3, 0.4) is 0 Å². The molecule has 120 valence electrons. The molecule has 3 rings (SSSR count). The maximum atomic E-state index is 12.5. The van der Waals surface area contributed by atoms with Gasteiger partial charge in [0.05, 0.1) is 6.04 Å². The van der Waals surface area contributed by atoms with Gasteiger partial charge in [0.2, 0.25) is 0 Å². The van der Waals surface area contributed by atoms with E-state index >= 15 is 0 Å². The summed E-state index contributed by atoms with van der Waals surface area (Å²) in [5.74, 6) is 0.741. The fourth-order valence-electron chi connectivity index (χ4n) is 2.95. The van der Waals surface area contributed by atoms with Crippen molar-refractivity contribution in [2.75, 3.05) is 0 Å². The smallest absolute Gasteiger partial charge is 0.251 e. The minimum atomic E-state index is -0.319. The minimum Gasteiger partial charge on any atom is -0.487 e. The maximum Gasteiger partial charge on any atom is 0.251 e. The van der Waals surface area contributed by atoms with Crippen LogP contribution in [-0.2, 0) is 0 Å². The standard InChI is InChI=1S/C19H20ClNO2/c1-12-4-9-17-15(10-12)16(11-19(2,3)23-17)21-18(22)13-5-7-14(20)8-6-13/h4-10,16H,11H2,1-3H3,(H,21,22)/t16-/m1/s1. The molecule has 0 aliphatic carbocycles. The molecule has 2 aromatic carbocycles. The van der Waals surface area contributed by atoms with Crippen molar-refractivity contribution < 1.29 is 9.53 Å². The molecule has 0 saturated heterocycles. The molecule has 0 bridgehead atoms. The monoisotopic (exact) mass is 329 g/mol. The Morgan fingerprint density at radius 3 is 2.61 bits per heavy atom. The lowest BCUT2D eigenvalue weighted by Gasteiger charge is -2.38. The maximum absolute atomic E-state index is 12.5. The van der Waals surface area contributed by atoms with Crippen molar-refractivity contribution in [1.82, 2.24) is 5.32 Å². The molecule has 0 unspecified atom stereocenters. The highest BCUT2D eigenvalue weighted by Crippen LogP contribution is 2.39. The molecule has 1 amide bonds. The summed E-state index contributed by atoms with van der Waals surface area (Å²) in [6.45, 7) is 6.12. The average molecular weight is 330 g/mol. The third kappa shape index (κ3) is 3.50. The zero-order valence-corrected chi connectivity index (χ0v) is 14.3. The van der Waals surface area contributed by atoms with Gasteiger partial charge in [0, 0.05) is 22.6 Å². The van der Waals surface area contributed by atoms with Crippen molar-refractivity contribution in [2.45, 2.75) is 38.8 Å². The summed E-state index contributed by atoms with van der Waals surface area (Å²) in [6, 6.07) is 12.9. The zero-order chi connectivity index (χ0) is 16.6. The molecule has 0 saturated carbocycles. The van der Waals surface area contributed by atoms with Crippen LogP contribution in [0, 0.1) is 6.92 Å². The summed E-state index contributed by atoms with van der Waals surface area (Å²) in [5, 5.41) is 3.75. The second kappa shape index (κ2) is 5.89.